The lowest BCUT2D eigenvalue weighted by atomic mass is 10.2. The molecule has 0 bridgehead atoms. The lowest BCUT2D eigenvalue weighted by Gasteiger charge is -2.13. The Morgan fingerprint density at radius 2 is 1.77 bits per heavy atom. The van der Waals surface area contributed by atoms with Gasteiger partial charge in [-0.1, -0.05) is 6.58 Å². The van der Waals surface area contributed by atoms with Crippen LogP contribution in [0.4, 0.5) is 11.4 Å². The van der Waals surface area contributed by atoms with Crippen molar-refractivity contribution in [3.63, 3.8) is 0 Å². The number of nitrogens with one attached hydrogen (secondary N) is 1. The number of hydrogen-bond acceptors (Lipinski definition) is 2. The van der Waals surface area contributed by atoms with Crippen LogP contribution in [0.15, 0.2) is 36.5 Å². The van der Waals surface area contributed by atoms with Crippen LogP contribution in [0, 0.1) is 0 Å². The molecule has 0 fully saturated rings. The number of nitrogens with zero attached hydrogens (tertiary/aromatic N) is 1. The monoisotopic (exact) mass is 176 g/mol. The first-order valence-corrected chi connectivity index (χ1v) is 4.29. The van der Waals surface area contributed by atoms with E-state index in [0.29, 0.717) is 0 Å². The molecule has 0 heterocycles. The van der Waals surface area contributed by atoms with Gasteiger partial charge in [0.2, 0.25) is 0 Å². The molecule has 0 amide bonds. The number of anilines is 2. The topological polar surface area (TPSA) is 15.3 Å². The SMILES string of the molecule is C=C(C)Nc1ccc(N(C)C)cc1. The molecule has 0 aliphatic carbocycles. The maximum atomic E-state index is 3.79. The predicted molar refractivity (Wildman–Crippen MR) is 59.2 cm³/mol. The van der Waals surface area contributed by atoms with Crippen LogP contribution in [-0.4, -0.2) is 14.1 Å². The fourth-order valence-corrected chi connectivity index (χ4v) is 1.09. The summed E-state index contributed by atoms with van der Waals surface area (Å²) in [7, 11) is 4.06. The van der Waals surface area contributed by atoms with Gasteiger partial charge in [-0.2, -0.15) is 0 Å². The van der Waals surface area contributed by atoms with Crippen molar-refractivity contribution in [1.29, 1.82) is 0 Å². The normalized spacial score (nSPS) is 9.46. The first-order valence-electron chi connectivity index (χ1n) is 4.29. The van der Waals surface area contributed by atoms with E-state index < -0.39 is 0 Å². The van der Waals surface area contributed by atoms with E-state index in [0.717, 1.165) is 11.4 Å². The van der Waals surface area contributed by atoms with Crippen molar-refractivity contribution in [1.82, 2.24) is 0 Å². The zero-order valence-electron chi connectivity index (χ0n) is 8.46. The Morgan fingerprint density at radius 1 is 1.23 bits per heavy atom. The van der Waals surface area contributed by atoms with Crippen molar-refractivity contribution in [2.24, 2.45) is 0 Å². The van der Waals surface area contributed by atoms with Gasteiger partial charge in [-0.15, -0.1) is 0 Å². The molecule has 2 heteroatoms. The van der Waals surface area contributed by atoms with E-state index in [1.165, 1.54) is 5.69 Å². The Kier molecular flexibility index (Phi) is 2.96. The molecule has 0 aliphatic rings. The molecule has 0 radical (unpaired) electrons. The first-order chi connectivity index (χ1) is 6.09. The summed E-state index contributed by atoms with van der Waals surface area (Å²) >= 11 is 0. The van der Waals surface area contributed by atoms with Crippen molar-refractivity contribution < 1.29 is 0 Å². The van der Waals surface area contributed by atoms with E-state index in [9.17, 15) is 0 Å². The molecule has 70 valence electrons. The van der Waals surface area contributed by atoms with Crippen LogP contribution in [-0.2, 0) is 0 Å². The molecular weight excluding hydrogens is 160 g/mol. The highest BCUT2D eigenvalue weighted by molar-refractivity contribution is 5.56. The molecule has 1 rings (SSSR count). The summed E-state index contributed by atoms with van der Waals surface area (Å²) in [4.78, 5) is 2.07. The summed E-state index contributed by atoms with van der Waals surface area (Å²) < 4.78 is 0. The maximum Gasteiger partial charge on any atom is 0.0383 e. The van der Waals surface area contributed by atoms with Crippen molar-refractivity contribution >= 4 is 11.4 Å². The average molecular weight is 176 g/mol. The minimum absolute atomic E-state index is 0.956. The van der Waals surface area contributed by atoms with E-state index in [1.807, 2.05) is 33.2 Å². The molecule has 1 aromatic rings. The van der Waals surface area contributed by atoms with Crippen LogP contribution < -0.4 is 10.2 Å². The second kappa shape index (κ2) is 3.99. The zero-order valence-corrected chi connectivity index (χ0v) is 8.46. The highest BCUT2D eigenvalue weighted by atomic mass is 15.1. The second-order valence-electron chi connectivity index (χ2n) is 3.35. The van der Waals surface area contributed by atoms with Crippen molar-refractivity contribution in [2.75, 3.05) is 24.3 Å². The number of rotatable bonds is 3. The molecule has 0 saturated carbocycles. The molecule has 1 aromatic carbocycles. The van der Waals surface area contributed by atoms with Crippen LogP contribution in [0.1, 0.15) is 6.92 Å². The van der Waals surface area contributed by atoms with Gasteiger partial charge in [0.05, 0.1) is 0 Å². The molecule has 2 nitrogen and oxygen atoms in total. The van der Waals surface area contributed by atoms with Gasteiger partial charge in [0.15, 0.2) is 0 Å². The lowest BCUT2D eigenvalue weighted by molar-refractivity contribution is 1.13. The van der Waals surface area contributed by atoms with Gasteiger partial charge in [-0.25, -0.2) is 0 Å². The fourth-order valence-electron chi connectivity index (χ4n) is 1.09. The van der Waals surface area contributed by atoms with Crippen molar-refractivity contribution in [3.8, 4) is 0 Å². The van der Waals surface area contributed by atoms with Crippen molar-refractivity contribution in [3.05, 3.63) is 36.5 Å². The maximum absolute atomic E-state index is 3.79. The predicted octanol–water partition coefficient (Wildman–Crippen LogP) is 2.70. The summed E-state index contributed by atoms with van der Waals surface area (Å²) in [6, 6.07) is 8.24. The molecule has 0 aromatic heterocycles. The van der Waals surface area contributed by atoms with Crippen LogP contribution in [0.25, 0.3) is 0 Å². The van der Waals surface area contributed by atoms with E-state index >= 15 is 0 Å². The molecule has 0 spiro atoms. The molecule has 0 atom stereocenters. The molecule has 13 heavy (non-hydrogen) atoms. The Morgan fingerprint density at radius 3 is 2.15 bits per heavy atom. The summed E-state index contributed by atoms with van der Waals surface area (Å²) in [5.41, 5.74) is 3.24. The second-order valence-corrected chi connectivity index (χ2v) is 3.35. The van der Waals surface area contributed by atoms with E-state index in [2.05, 4.69) is 28.9 Å². The number of benzene rings is 1. The minimum atomic E-state index is 0.956. The Bertz CT molecular complexity index is 285. The van der Waals surface area contributed by atoms with Gasteiger partial charge >= 0.3 is 0 Å². The average Bonchev–Trinajstić information content (AvgIpc) is 2.04. The van der Waals surface area contributed by atoms with Gasteiger partial charge in [-0.05, 0) is 31.2 Å². The van der Waals surface area contributed by atoms with Gasteiger partial charge in [0.1, 0.15) is 0 Å². The largest absolute Gasteiger partial charge is 0.378 e. The standard InChI is InChI=1S/C11H16N2/c1-9(2)12-10-5-7-11(8-6-10)13(3)4/h5-8,12H,1H2,2-4H3. The highest BCUT2D eigenvalue weighted by Crippen LogP contribution is 2.16. The van der Waals surface area contributed by atoms with Crippen LogP contribution in [0.5, 0.6) is 0 Å². The first kappa shape index (κ1) is 9.65. The quantitative estimate of drug-likeness (QED) is 0.761. The lowest BCUT2D eigenvalue weighted by Crippen LogP contribution is -2.08. The van der Waals surface area contributed by atoms with Gasteiger partial charge < -0.3 is 10.2 Å². The number of allylic oxidation sites excluding steroid dienone is 1. The summed E-state index contributed by atoms with van der Waals surface area (Å²) in [6.45, 7) is 5.73. The zero-order chi connectivity index (χ0) is 9.84. The third kappa shape index (κ3) is 2.82. The van der Waals surface area contributed by atoms with E-state index in [-0.39, 0.29) is 0 Å². The Balaban J connectivity index is 2.75. The van der Waals surface area contributed by atoms with E-state index in [4.69, 9.17) is 0 Å². The molecule has 0 aliphatic heterocycles. The number of hydrogen-bond donors (Lipinski definition) is 1. The molecular formula is C11H16N2. The fraction of sp³-hybridized carbons (Fsp3) is 0.273. The minimum Gasteiger partial charge on any atom is -0.378 e. The third-order valence-electron chi connectivity index (χ3n) is 1.74. The summed E-state index contributed by atoms with van der Waals surface area (Å²) in [5.74, 6) is 0. The van der Waals surface area contributed by atoms with Crippen LogP contribution in [0.3, 0.4) is 0 Å². The van der Waals surface area contributed by atoms with Crippen molar-refractivity contribution in [2.45, 2.75) is 6.92 Å². The van der Waals surface area contributed by atoms with Crippen LogP contribution in [0.2, 0.25) is 0 Å². The summed E-state index contributed by atoms with van der Waals surface area (Å²) in [6.07, 6.45) is 0. The molecule has 1 N–H and O–H groups in total. The van der Waals surface area contributed by atoms with E-state index in [1.54, 1.807) is 0 Å². The molecule has 0 saturated heterocycles. The van der Waals surface area contributed by atoms with Crippen LogP contribution >= 0.6 is 0 Å². The summed E-state index contributed by atoms with van der Waals surface area (Å²) in [5, 5.41) is 3.16. The van der Waals surface area contributed by atoms with Gasteiger partial charge in [0, 0.05) is 31.2 Å². The smallest absolute Gasteiger partial charge is 0.0383 e. The van der Waals surface area contributed by atoms with Gasteiger partial charge in [0.25, 0.3) is 0 Å². The molecule has 0 unspecified atom stereocenters. The van der Waals surface area contributed by atoms with Gasteiger partial charge in [-0.3, -0.25) is 0 Å². The third-order valence-corrected chi connectivity index (χ3v) is 1.74. The Labute approximate surface area is 79.9 Å². The Hall–Kier alpha value is -1.44. The highest BCUT2D eigenvalue weighted by Gasteiger charge is 1.94.